The fourth-order valence-corrected chi connectivity index (χ4v) is 3.11. The zero-order chi connectivity index (χ0) is 15.6. The highest BCUT2D eigenvalue weighted by molar-refractivity contribution is 5.75. The summed E-state index contributed by atoms with van der Waals surface area (Å²) in [7, 11) is 0. The van der Waals surface area contributed by atoms with Gasteiger partial charge in [-0.05, 0) is 56.0 Å². The van der Waals surface area contributed by atoms with Crippen LogP contribution in [0, 0.1) is 0 Å². The first kappa shape index (κ1) is 14.6. The van der Waals surface area contributed by atoms with E-state index in [0.717, 1.165) is 12.1 Å². The van der Waals surface area contributed by atoms with Gasteiger partial charge in [-0.3, -0.25) is 0 Å². The fourth-order valence-electron chi connectivity index (χ4n) is 3.11. The second-order valence-electron chi connectivity index (χ2n) is 6.48. The monoisotopic (exact) mass is 289 g/mol. The maximum atomic E-state index is 3.67. The molecule has 0 atom stereocenters. The van der Waals surface area contributed by atoms with Gasteiger partial charge in [0.15, 0.2) is 0 Å². The van der Waals surface area contributed by atoms with E-state index in [0.29, 0.717) is 0 Å². The number of nitrogens with one attached hydrogen (secondary N) is 1. The van der Waals surface area contributed by atoms with Crippen LogP contribution in [0.25, 0.3) is 5.57 Å². The van der Waals surface area contributed by atoms with E-state index >= 15 is 0 Å². The average Bonchev–Trinajstić information content (AvgIpc) is 2.94. The van der Waals surface area contributed by atoms with Gasteiger partial charge < -0.3 is 5.32 Å². The highest BCUT2D eigenvalue weighted by Crippen LogP contribution is 2.35. The molecule has 1 aliphatic carbocycles. The third kappa shape index (κ3) is 2.99. The average molecular weight is 289 g/mol. The molecule has 0 fully saturated rings. The number of anilines is 1. The zero-order valence-electron chi connectivity index (χ0n) is 13.6. The van der Waals surface area contributed by atoms with Crippen LogP contribution in [-0.4, -0.2) is 0 Å². The smallest absolute Gasteiger partial charge is 0.0575 e. The number of allylic oxidation sites excluding steroid dienone is 4. The van der Waals surface area contributed by atoms with Gasteiger partial charge in [-0.1, -0.05) is 60.2 Å². The van der Waals surface area contributed by atoms with E-state index in [4.69, 9.17) is 0 Å². The molecule has 0 spiro atoms. The summed E-state index contributed by atoms with van der Waals surface area (Å²) >= 11 is 0. The molecule has 3 rings (SSSR count). The first-order valence-electron chi connectivity index (χ1n) is 7.87. The first-order chi connectivity index (χ1) is 10.6. The molecule has 0 heterocycles. The second kappa shape index (κ2) is 5.84. The van der Waals surface area contributed by atoms with Crippen molar-refractivity contribution in [2.45, 2.75) is 32.7 Å². The van der Waals surface area contributed by atoms with Gasteiger partial charge in [0.25, 0.3) is 0 Å². The summed E-state index contributed by atoms with van der Waals surface area (Å²) in [4.78, 5) is 0. The number of hydrogen-bond donors (Lipinski definition) is 1. The van der Waals surface area contributed by atoms with Crippen LogP contribution in [0.15, 0.2) is 72.3 Å². The fraction of sp³-hybridized carbons (Fsp3) is 0.238. The van der Waals surface area contributed by atoms with Gasteiger partial charge in [0.05, 0.1) is 5.54 Å². The summed E-state index contributed by atoms with van der Waals surface area (Å²) < 4.78 is 0. The van der Waals surface area contributed by atoms with Gasteiger partial charge in [0.1, 0.15) is 0 Å². The van der Waals surface area contributed by atoms with Crippen molar-refractivity contribution in [3.63, 3.8) is 0 Å². The minimum atomic E-state index is -0.130. The second-order valence-corrected chi connectivity index (χ2v) is 6.48. The van der Waals surface area contributed by atoms with Crippen molar-refractivity contribution in [1.29, 1.82) is 0 Å². The topological polar surface area (TPSA) is 12.0 Å². The summed E-state index contributed by atoms with van der Waals surface area (Å²) in [5.41, 5.74) is 6.49. The Morgan fingerprint density at radius 2 is 1.59 bits per heavy atom. The summed E-state index contributed by atoms with van der Waals surface area (Å²) in [5, 5.41) is 3.67. The van der Waals surface area contributed by atoms with E-state index in [1.54, 1.807) is 0 Å². The van der Waals surface area contributed by atoms with E-state index in [1.165, 1.54) is 22.3 Å². The van der Waals surface area contributed by atoms with Crippen molar-refractivity contribution in [3.8, 4) is 0 Å². The quantitative estimate of drug-likeness (QED) is 0.753. The number of rotatable bonds is 4. The van der Waals surface area contributed by atoms with Gasteiger partial charge in [0, 0.05) is 5.69 Å². The molecule has 1 N–H and O–H groups in total. The predicted molar refractivity (Wildman–Crippen MR) is 95.9 cm³/mol. The Hall–Kier alpha value is -2.28. The highest BCUT2D eigenvalue weighted by atomic mass is 15.0. The van der Waals surface area contributed by atoms with Crippen LogP contribution < -0.4 is 5.32 Å². The lowest BCUT2D eigenvalue weighted by atomic mass is 9.86. The summed E-state index contributed by atoms with van der Waals surface area (Å²) in [6, 6.07) is 19.1. The van der Waals surface area contributed by atoms with Crippen molar-refractivity contribution in [3.05, 3.63) is 83.4 Å². The minimum Gasteiger partial charge on any atom is -0.376 e. The summed E-state index contributed by atoms with van der Waals surface area (Å²) in [5.74, 6) is 0. The highest BCUT2D eigenvalue weighted by Gasteiger charge is 2.24. The van der Waals surface area contributed by atoms with Crippen LogP contribution >= 0.6 is 0 Å². The Bertz CT molecular complexity index is 721. The third-order valence-electron chi connectivity index (χ3n) is 4.22. The molecule has 0 saturated carbocycles. The molecule has 0 aliphatic heterocycles. The molecule has 0 aromatic heterocycles. The molecule has 0 saturated heterocycles. The van der Waals surface area contributed by atoms with E-state index < -0.39 is 0 Å². The van der Waals surface area contributed by atoms with Crippen LogP contribution in [0.5, 0.6) is 0 Å². The third-order valence-corrected chi connectivity index (χ3v) is 4.22. The SMILES string of the molecule is CC1=CCC(c2ccccc2C(C)(C)Nc2ccccc2)=C1. The Labute approximate surface area is 133 Å². The number of para-hydroxylation sites is 1. The van der Waals surface area contributed by atoms with Crippen LogP contribution in [-0.2, 0) is 5.54 Å². The van der Waals surface area contributed by atoms with Crippen LogP contribution in [0.2, 0.25) is 0 Å². The van der Waals surface area contributed by atoms with Gasteiger partial charge in [-0.15, -0.1) is 0 Å². The minimum absolute atomic E-state index is 0.130. The lowest BCUT2D eigenvalue weighted by Crippen LogP contribution is -2.29. The molecule has 2 aromatic carbocycles. The molecule has 2 aromatic rings. The van der Waals surface area contributed by atoms with Crippen LogP contribution in [0.4, 0.5) is 5.69 Å². The molecule has 0 amide bonds. The number of hydrogen-bond acceptors (Lipinski definition) is 1. The maximum absolute atomic E-state index is 3.67. The summed E-state index contributed by atoms with van der Waals surface area (Å²) in [6.45, 7) is 6.66. The van der Waals surface area contributed by atoms with E-state index in [-0.39, 0.29) is 5.54 Å². The Morgan fingerprint density at radius 3 is 2.27 bits per heavy atom. The largest absolute Gasteiger partial charge is 0.376 e. The Kier molecular flexibility index (Phi) is 3.89. The first-order valence-corrected chi connectivity index (χ1v) is 7.87. The molecule has 0 bridgehead atoms. The van der Waals surface area contributed by atoms with E-state index in [2.05, 4.69) is 86.8 Å². The Balaban J connectivity index is 1.96. The molecule has 1 aliphatic rings. The molecule has 0 radical (unpaired) electrons. The van der Waals surface area contributed by atoms with E-state index in [9.17, 15) is 0 Å². The van der Waals surface area contributed by atoms with Crippen molar-refractivity contribution >= 4 is 11.3 Å². The molecular formula is C21H23N. The van der Waals surface area contributed by atoms with Crippen LogP contribution in [0.3, 0.4) is 0 Å². The molecule has 22 heavy (non-hydrogen) atoms. The lowest BCUT2D eigenvalue weighted by molar-refractivity contribution is 0.607. The summed E-state index contributed by atoms with van der Waals surface area (Å²) in [6.07, 6.45) is 5.63. The van der Waals surface area contributed by atoms with Crippen molar-refractivity contribution in [2.75, 3.05) is 5.32 Å². The maximum Gasteiger partial charge on any atom is 0.0575 e. The number of benzene rings is 2. The molecule has 0 unspecified atom stereocenters. The van der Waals surface area contributed by atoms with Gasteiger partial charge in [-0.25, -0.2) is 0 Å². The predicted octanol–water partition coefficient (Wildman–Crippen LogP) is 5.77. The standard InChI is InChI=1S/C21H23N/c1-16-13-14-17(15-16)19-11-7-8-12-20(19)21(2,3)22-18-9-5-4-6-10-18/h4-13,15,22H,14H2,1-3H3. The van der Waals surface area contributed by atoms with E-state index in [1.807, 2.05) is 6.07 Å². The van der Waals surface area contributed by atoms with Gasteiger partial charge >= 0.3 is 0 Å². The molecule has 1 heteroatoms. The van der Waals surface area contributed by atoms with Gasteiger partial charge in [0.2, 0.25) is 0 Å². The zero-order valence-corrected chi connectivity index (χ0v) is 13.6. The molecular weight excluding hydrogens is 266 g/mol. The van der Waals surface area contributed by atoms with Crippen molar-refractivity contribution in [1.82, 2.24) is 0 Å². The van der Waals surface area contributed by atoms with Crippen molar-refractivity contribution in [2.24, 2.45) is 0 Å². The van der Waals surface area contributed by atoms with Gasteiger partial charge in [-0.2, -0.15) is 0 Å². The molecule has 112 valence electrons. The van der Waals surface area contributed by atoms with Crippen LogP contribution in [0.1, 0.15) is 38.3 Å². The normalized spacial score (nSPS) is 14.5. The molecule has 1 nitrogen and oxygen atoms in total. The Morgan fingerprint density at radius 1 is 0.909 bits per heavy atom. The lowest BCUT2D eigenvalue weighted by Gasteiger charge is -2.31. The van der Waals surface area contributed by atoms with Crippen molar-refractivity contribution < 1.29 is 0 Å².